The van der Waals surface area contributed by atoms with Crippen LogP contribution in [0.15, 0.2) is 12.4 Å². The van der Waals surface area contributed by atoms with Crippen LogP contribution in [0.5, 0.6) is 0 Å². The van der Waals surface area contributed by atoms with Gasteiger partial charge in [0.15, 0.2) is 0 Å². The lowest BCUT2D eigenvalue weighted by Gasteiger charge is -2.25. The number of aromatic nitrogens is 2. The fraction of sp³-hybridized carbons (Fsp3) is 0.750. The zero-order valence-electron chi connectivity index (χ0n) is 9.79. The van der Waals surface area contributed by atoms with Crippen molar-refractivity contribution >= 4 is 0 Å². The fourth-order valence-corrected chi connectivity index (χ4v) is 2.45. The van der Waals surface area contributed by atoms with Gasteiger partial charge < -0.3 is 9.88 Å². The van der Waals surface area contributed by atoms with Crippen LogP contribution in [0, 0.1) is 6.92 Å². The van der Waals surface area contributed by atoms with Crippen molar-refractivity contribution in [2.24, 2.45) is 0 Å². The SMILES string of the molecule is Cc1nccn1CCNC1(C)CCCC1. The number of hydrogen-bond donors (Lipinski definition) is 1. The highest BCUT2D eigenvalue weighted by molar-refractivity contribution is 4.90. The molecule has 1 fully saturated rings. The molecule has 0 aromatic carbocycles. The highest BCUT2D eigenvalue weighted by atomic mass is 15.1. The molecule has 84 valence electrons. The van der Waals surface area contributed by atoms with E-state index in [4.69, 9.17) is 0 Å². The largest absolute Gasteiger partial charge is 0.334 e. The topological polar surface area (TPSA) is 29.9 Å². The van der Waals surface area contributed by atoms with E-state index in [1.807, 2.05) is 12.4 Å². The Kier molecular flexibility index (Phi) is 3.10. The summed E-state index contributed by atoms with van der Waals surface area (Å²) in [4.78, 5) is 4.22. The molecule has 0 spiro atoms. The van der Waals surface area contributed by atoms with Crippen LogP contribution in [0.25, 0.3) is 0 Å². The molecule has 0 atom stereocenters. The number of nitrogens with zero attached hydrogens (tertiary/aromatic N) is 2. The summed E-state index contributed by atoms with van der Waals surface area (Å²) < 4.78 is 2.20. The monoisotopic (exact) mass is 207 g/mol. The third-order valence-electron chi connectivity index (χ3n) is 3.54. The molecule has 1 N–H and O–H groups in total. The lowest BCUT2D eigenvalue weighted by molar-refractivity contribution is 0.356. The van der Waals surface area contributed by atoms with E-state index < -0.39 is 0 Å². The molecule has 0 aliphatic heterocycles. The lowest BCUT2D eigenvalue weighted by atomic mass is 10.0. The minimum absolute atomic E-state index is 0.397. The average molecular weight is 207 g/mol. The van der Waals surface area contributed by atoms with E-state index in [1.165, 1.54) is 25.7 Å². The van der Waals surface area contributed by atoms with Crippen LogP contribution in [0.1, 0.15) is 38.4 Å². The Labute approximate surface area is 91.9 Å². The molecule has 1 saturated carbocycles. The van der Waals surface area contributed by atoms with Gasteiger partial charge in [0.1, 0.15) is 5.82 Å². The van der Waals surface area contributed by atoms with Crippen LogP contribution in [0.3, 0.4) is 0 Å². The average Bonchev–Trinajstić information content (AvgIpc) is 2.78. The van der Waals surface area contributed by atoms with Crippen molar-refractivity contribution < 1.29 is 0 Å². The molecule has 1 heterocycles. The van der Waals surface area contributed by atoms with E-state index >= 15 is 0 Å². The van der Waals surface area contributed by atoms with E-state index in [9.17, 15) is 0 Å². The van der Waals surface area contributed by atoms with E-state index in [-0.39, 0.29) is 0 Å². The van der Waals surface area contributed by atoms with Crippen molar-refractivity contribution in [3.63, 3.8) is 0 Å². The first-order chi connectivity index (χ1) is 7.20. The minimum atomic E-state index is 0.397. The second-order valence-corrected chi connectivity index (χ2v) is 4.86. The van der Waals surface area contributed by atoms with Crippen molar-refractivity contribution in [2.45, 2.75) is 51.6 Å². The summed E-state index contributed by atoms with van der Waals surface area (Å²) in [7, 11) is 0. The zero-order chi connectivity index (χ0) is 10.7. The second-order valence-electron chi connectivity index (χ2n) is 4.86. The molecule has 0 bridgehead atoms. The maximum Gasteiger partial charge on any atom is 0.105 e. The van der Waals surface area contributed by atoms with Gasteiger partial charge >= 0.3 is 0 Å². The quantitative estimate of drug-likeness (QED) is 0.819. The van der Waals surface area contributed by atoms with Gasteiger partial charge in [-0.05, 0) is 26.7 Å². The predicted molar refractivity (Wildman–Crippen MR) is 61.8 cm³/mol. The van der Waals surface area contributed by atoms with Crippen molar-refractivity contribution in [1.29, 1.82) is 0 Å². The number of imidazole rings is 1. The standard InChI is InChI=1S/C12H21N3/c1-11-13-7-9-15(11)10-8-14-12(2)5-3-4-6-12/h7,9,14H,3-6,8,10H2,1-2H3. The van der Waals surface area contributed by atoms with E-state index in [2.05, 4.69) is 28.7 Å². The molecule has 1 aromatic heterocycles. The molecular formula is C12H21N3. The molecule has 1 aliphatic rings. The van der Waals surface area contributed by atoms with Crippen LogP contribution in [-0.4, -0.2) is 21.6 Å². The summed E-state index contributed by atoms with van der Waals surface area (Å²) in [5.41, 5.74) is 0.397. The number of hydrogen-bond acceptors (Lipinski definition) is 2. The minimum Gasteiger partial charge on any atom is -0.334 e. The molecule has 0 saturated heterocycles. The third kappa shape index (κ3) is 2.59. The first kappa shape index (κ1) is 10.7. The summed E-state index contributed by atoms with van der Waals surface area (Å²) in [5, 5.41) is 3.67. The summed E-state index contributed by atoms with van der Waals surface area (Å²) in [5.74, 6) is 1.10. The Morgan fingerprint density at radius 1 is 1.47 bits per heavy atom. The van der Waals surface area contributed by atoms with Crippen LogP contribution >= 0.6 is 0 Å². The van der Waals surface area contributed by atoms with Gasteiger partial charge in [-0.25, -0.2) is 4.98 Å². The summed E-state index contributed by atoms with van der Waals surface area (Å²) in [6.07, 6.45) is 9.34. The normalized spacial score (nSPS) is 19.6. The van der Waals surface area contributed by atoms with Crippen LogP contribution in [0.2, 0.25) is 0 Å². The van der Waals surface area contributed by atoms with Crippen LogP contribution < -0.4 is 5.32 Å². The molecule has 15 heavy (non-hydrogen) atoms. The first-order valence-corrected chi connectivity index (χ1v) is 5.92. The predicted octanol–water partition coefficient (Wildman–Crippen LogP) is 2.11. The highest BCUT2D eigenvalue weighted by Crippen LogP contribution is 2.28. The molecule has 0 amide bonds. The van der Waals surface area contributed by atoms with E-state index in [1.54, 1.807) is 0 Å². The Bertz CT molecular complexity index is 310. The molecule has 3 heteroatoms. The third-order valence-corrected chi connectivity index (χ3v) is 3.54. The summed E-state index contributed by atoms with van der Waals surface area (Å²) in [6, 6.07) is 0. The van der Waals surface area contributed by atoms with Crippen LogP contribution in [0.4, 0.5) is 0 Å². The Morgan fingerprint density at radius 2 is 2.20 bits per heavy atom. The Morgan fingerprint density at radius 3 is 2.80 bits per heavy atom. The van der Waals surface area contributed by atoms with Crippen LogP contribution in [-0.2, 0) is 6.54 Å². The molecule has 1 aliphatic carbocycles. The highest BCUT2D eigenvalue weighted by Gasteiger charge is 2.27. The Hall–Kier alpha value is -0.830. The fourth-order valence-electron chi connectivity index (χ4n) is 2.45. The van der Waals surface area contributed by atoms with E-state index in [0.29, 0.717) is 5.54 Å². The van der Waals surface area contributed by atoms with Gasteiger partial charge in [0, 0.05) is 31.0 Å². The van der Waals surface area contributed by atoms with Crippen molar-refractivity contribution in [3.05, 3.63) is 18.2 Å². The van der Waals surface area contributed by atoms with Gasteiger partial charge in [-0.1, -0.05) is 12.8 Å². The van der Waals surface area contributed by atoms with Gasteiger partial charge in [0.2, 0.25) is 0 Å². The van der Waals surface area contributed by atoms with Crippen molar-refractivity contribution in [2.75, 3.05) is 6.54 Å². The second kappa shape index (κ2) is 4.35. The number of nitrogens with one attached hydrogen (secondary N) is 1. The number of aryl methyl sites for hydroxylation is 1. The van der Waals surface area contributed by atoms with Gasteiger partial charge in [-0.3, -0.25) is 0 Å². The van der Waals surface area contributed by atoms with Gasteiger partial charge in [0.05, 0.1) is 0 Å². The molecule has 0 radical (unpaired) electrons. The smallest absolute Gasteiger partial charge is 0.105 e. The lowest BCUT2D eigenvalue weighted by Crippen LogP contribution is -2.41. The van der Waals surface area contributed by atoms with Crippen molar-refractivity contribution in [1.82, 2.24) is 14.9 Å². The summed E-state index contributed by atoms with van der Waals surface area (Å²) in [6.45, 7) is 6.48. The van der Waals surface area contributed by atoms with Gasteiger partial charge in [0.25, 0.3) is 0 Å². The maximum atomic E-state index is 4.22. The van der Waals surface area contributed by atoms with E-state index in [0.717, 1.165) is 18.9 Å². The number of rotatable bonds is 4. The summed E-state index contributed by atoms with van der Waals surface area (Å²) >= 11 is 0. The van der Waals surface area contributed by atoms with Crippen molar-refractivity contribution in [3.8, 4) is 0 Å². The molecular weight excluding hydrogens is 186 g/mol. The van der Waals surface area contributed by atoms with Gasteiger partial charge in [-0.15, -0.1) is 0 Å². The Balaban J connectivity index is 1.77. The first-order valence-electron chi connectivity index (χ1n) is 5.92. The molecule has 2 rings (SSSR count). The molecule has 0 unspecified atom stereocenters. The molecule has 3 nitrogen and oxygen atoms in total. The molecule has 1 aromatic rings. The maximum absolute atomic E-state index is 4.22. The van der Waals surface area contributed by atoms with Gasteiger partial charge in [-0.2, -0.15) is 0 Å². The zero-order valence-corrected chi connectivity index (χ0v) is 9.79.